The van der Waals surface area contributed by atoms with Gasteiger partial charge in [-0.1, -0.05) is 48.5 Å². The summed E-state index contributed by atoms with van der Waals surface area (Å²) in [5.74, 6) is -0.239. The van der Waals surface area contributed by atoms with Crippen LogP contribution in [0.25, 0.3) is 0 Å². The van der Waals surface area contributed by atoms with Crippen molar-refractivity contribution >= 4 is 24.4 Å². The molecule has 0 saturated heterocycles. The summed E-state index contributed by atoms with van der Waals surface area (Å²) in [6, 6.07) is 18.1. The number of hydrogen-bond acceptors (Lipinski definition) is 7. The van der Waals surface area contributed by atoms with Crippen molar-refractivity contribution in [1.82, 2.24) is 4.90 Å². The van der Waals surface area contributed by atoms with Gasteiger partial charge < -0.3 is 18.4 Å². The molecule has 2 amide bonds. The van der Waals surface area contributed by atoms with Crippen molar-refractivity contribution in [2.24, 2.45) is 0 Å². The van der Waals surface area contributed by atoms with E-state index in [0.29, 0.717) is 55.1 Å². The first-order chi connectivity index (χ1) is 19.2. The van der Waals surface area contributed by atoms with E-state index in [1.807, 2.05) is 30.3 Å². The van der Waals surface area contributed by atoms with Gasteiger partial charge in [0.05, 0.1) is 32.4 Å². The smallest absolute Gasteiger partial charge is 0.479 e. The van der Waals surface area contributed by atoms with Crippen LogP contribution in [0.5, 0.6) is 17.2 Å². The molecule has 3 rings (SSSR count). The highest BCUT2D eigenvalue weighted by molar-refractivity contribution is 7.95. The number of nitrogens with zero attached hydrogens (tertiary/aromatic N) is 1. The molecule has 0 bridgehead atoms. The van der Waals surface area contributed by atoms with Crippen LogP contribution in [-0.4, -0.2) is 43.6 Å². The van der Waals surface area contributed by atoms with Crippen LogP contribution in [0.2, 0.25) is 0 Å². The molecule has 0 saturated carbocycles. The number of imide groups is 1. The molecule has 0 spiro atoms. The molecular formula is C29H30F3NO6S. The fraction of sp³-hybridized carbons (Fsp3) is 0.310. The zero-order valence-electron chi connectivity index (χ0n) is 22.3. The molecule has 0 aliphatic heterocycles. The van der Waals surface area contributed by atoms with Gasteiger partial charge in [0.2, 0.25) is 6.41 Å². The normalized spacial score (nSPS) is 11.9. The standard InChI is InChI=1S/C29H30F3NO6S/c1-20-9-7-13-25(39-40-29(30,31)32)27(20)28(35)33(19-34)23(22-14-15-24(36-2)26(17-22)37-3)12-8-16-38-18-21-10-5-4-6-11-21/h4-7,9-11,13-15,17,19,23H,8,12,16,18H2,1-3H3/t23-/m1/s1. The minimum atomic E-state index is -4.68. The van der Waals surface area contributed by atoms with Gasteiger partial charge in [-0.05, 0) is 54.7 Å². The van der Waals surface area contributed by atoms with Crippen molar-refractivity contribution in [3.05, 3.63) is 89.0 Å². The Balaban J connectivity index is 1.89. The van der Waals surface area contributed by atoms with Gasteiger partial charge in [-0.3, -0.25) is 14.5 Å². The summed E-state index contributed by atoms with van der Waals surface area (Å²) in [6.45, 7) is 2.31. The van der Waals surface area contributed by atoms with Gasteiger partial charge in [0, 0.05) is 6.61 Å². The van der Waals surface area contributed by atoms with Gasteiger partial charge in [0.25, 0.3) is 5.91 Å². The van der Waals surface area contributed by atoms with Crippen LogP contribution in [0.4, 0.5) is 13.2 Å². The van der Waals surface area contributed by atoms with Gasteiger partial charge in [-0.25, -0.2) is 0 Å². The quantitative estimate of drug-likeness (QED) is 0.117. The lowest BCUT2D eigenvalue weighted by Crippen LogP contribution is -2.34. The van der Waals surface area contributed by atoms with E-state index in [-0.39, 0.29) is 11.3 Å². The summed E-state index contributed by atoms with van der Waals surface area (Å²) < 4.78 is 59.9. The van der Waals surface area contributed by atoms with Crippen LogP contribution in [0.15, 0.2) is 66.7 Å². The molecule has 214 valence electrons. The van der Waals surface area contributed by atoms with Gasteiger partial charge in [0.15, 0.2) is 29.3 Å². The summed E-state index contributed by atoms with van der Waals surface area (Å²) in [4.78, 5) is 27.1. The molecule has 0 fully saturated rings. The minimum absolute atomic E-state index is 0.142. The fourth-order valence-electron chi connectivity index (χ4n) is 4.14. The molecule has 0 aliphatic rings. The van der Waals surface area contributed by atoms with Gasteiger partial charge in [-0.2, -0.15) is 13.2 Å². The second-order valence-corrected chi connectivity index (χ2v) is 9.49. The van der Waals surface area contributed by atoms with Crippen molar-refractivity contribution in [3.8, 4) is 17.2 Å². The number of amides is 2. The first kappa shape index (κ1) is 30.8. The molecule has 11 heteroatoms. The Morgan fingerprint density at radius 2 is 1.70 bits per heavy atom. The van der Waals surface area contributed by atoms with Crippen LogP contribution in [-0.2, 0) is 16.1 Å². The van der Waals surface area contributed by atoms with Gasteiger partial charge in [-0.15, -0.1) is 0 Å². The maximum absolute atomic E-state index is 13.7. The van der Waals surface area contributed by atoms with Crippen molar-refractivity contribution in [2.45, 2.75) is 37.9 Å². The summed E-state index contributed by atoms with van der Waals surface area (Å²) in [6.07, 6.45) is 1.17. The molecule has 0 heterocycles. The molecule has 0 radical (unpaired) electrons. The van der Waals surface area contributed by atoms with Crippen molar-refractivity contribution in [1.29, 1.82) is 0 Å². The van der Waals surface area contributed by atoms with Crippen LogP contribution in [0, 0.1) is 6.92 Å². The Labute approximate surface area is 235 Å². The number of halogens is 3. The zero-order chi connectivity index (χ0) is 29.1. The second-order valence-electron chi connectivity index (χ2n) is 8.69. The number of benzene rings is 3. The third-order valence-electron chi connectivity index (χ3n) is 6.03. The number of carbonyl (C=O) groups excluding carboxylic acids is 2. The summed E-state index contributed by atoms with van der Waals surface area (Å²) in [5, 5.41) is 0. The highest BCUT2D eigenvalue weighted by Crippen LogP contribution is 2.38. The number of alkyl halides is 3. The molecule has 0 N–H and O–H groups in total. The first-order valence-corrected chi connectivity index (χ1v) is 13.1. The number of methoxy groups -OCH3 is 2. The predicted molar refractivity (Wildman–Crippen MR) is 145 cm³/mol. The predicted octanol–water partition coefficient (Wildman–Crippen LogP) is 6.90. The van der Waals surface area contributed by atoms with Crippen LogP contribution in [0.3, 0.4) is 0 Å². The average Bonchev–Trinajstić information content (AvgIpc) is 2.95. The monoisotopic (exact) mass is 577 g/mol. The number of aryl methyl sites for hydroxylation is 1. The summed E-state index contributed by atoms with van der Waals surface area (Å²) in [5.41, 5.74) is -2.89. The Morgan fingerprint density at radius 3 is 2.35 bits per heavy atom. The van der Waals surface area contributed by atoms with Crippen molar-refractivity contribution in [2.75, 3.05) is 20.8 Å². The third-order valence-corrected chi connectivity index (χ3v) is 6.48. The van der Waals surface area contributed by atoms with Crippen LogP contribution in [0.1, 0.15) is 45.9 Å². The van der Waals surface area contributed by atoms with E-state index in [1.54, 1.807) is 31.2 Å². The van der Waals surface area contributed by atoms with Crippen LogP contribution >= 0.6 is 12.0 Å². The van der Waals surface area contributed by atoms with Crippen LogP contribution < -0.4 is 13.7 Å². The highest BCUT2D eigenvalue weighted by Gasteiger charge is 2.34. The van der Waals surface area contributed by atoms with Crippen molar-refractivity contribution < 1.29 is 41.2 Å². The number of rotatable bonds is 14. The number of carbonyl (C=O) groups is 2. The van der Waals surface area contributed by atoms with E-state index in [1.165, 1.54) is 26.4 Å². The van der Waals surface area contributed by atoms with Gasteiger partial charge in [0.1, 0.15) is 0 Å². The Hall–Kier alpha value is -3.70. The summed E-state index contributed by atoms with van der Waals surface area (Å²) in [7, 11) is 2.95. The third kappa shape index (κ3) is 8.40. The molecule has 7 nitrogen and oxygen atoms in total. The van der Waals surface area contributed by atoms with E-state index < -0.39 is 29.5 Å². The Kier molecular flexibility index (Phi) is 11.3. The second kappa shape index (κ2) is 14.6. The molecule has 0 aliphatic carbocycles. The average molecular weight is 578 g/mol. The number of hydrogen-bond donors (Lipinski definition) is 0. The lowest BCUT2D eigenvalue weighted by atomic mass is 9.98. The maximum Gasteiger partial charge on any atom is 0.479 e. The Bertz CT molecular complexity index is 1270. The molecule has 3 aromatic rings. The molecule has 40 heavy (non-hydrogen) atoms. The van der Waals surface area contributed by atoms with E-state index in [0.717, 1.165) is 10.5 Å². The topological polar surface area (TPSA) is 74.3 Å². The first-order valence-electron chi connectivity index (χ1n) is 12.3. The molecule has 1 atom stereocenters. The molecule has 0 unspecified atom stereocenters. The highest BCUT2D eigenvalue weighted by atomic mass is 32.2. The summed E-state index contributed by atoms with van der Waals surface area (Å²) >= 11 is -0.728. The van der Waals surface area contributed by atoms with Gasteiger partial charge >= 0.3 is 5.51 Å². The molecule has 0 aromatic heterocycles. The number of ether oxygens (including phenoxy) is 3. The van der Waals surface area contributed by atoms with E-state index in [2.05, 4.69) is 0 Å². The van der Waals surface area contributed by atoms with Crippen molar-refractivity contribution in [3.63, 3.8) is 0 Å². The largest absolute Gasteiger partial charge is 0.493 e. The maximum atomic E-state index is 13.7. The lowest BCUT2D eigenvalue weighted by molar-refractivity contribution is -0.118. The SMILES string of the molecule is COc1ccc([C@@H](CCCOCc2ccccc2)N(C=O)C(=O)c2c(C)cccc2OSC(F)(F)F)cc1OC. The van der Waals surface area contributed by atoms with E-state index in [9.17, 15) is 22.8 Å². The molecule has 3 aromatic carbocycles. The molecular weight excluding hydrogens is 547 g/mol. The zero-order valence-corrected chi connectivity index (χ0v) is 23.1. The fourth-order valence-corrected chi connectivity index (χ4v) is 4.46. The van der Waals surface area contributed by atoms with E-state index in [4.69, 9.17) is 18.4 Å². The minimum Gasteiger partial charge on any atom is -0.493 e. The Morgan fingerprint density at radius 1 is 0.975 bits per heavy atom. The van der Waals surface area contributed by atoms with E-state index >= 15 is 0 Å². The lowest BCUT2D eigenvalue weighted by Gasteiger charge is -2.29.